The van der Waals surface area contributed by atoms with Crippen LogP contribution in [0.5, 0.6) is 5.75 Å². The van der Waals surface area contributed by atoms with Gasteiger partial charge in [-0.25, -0.2) is 0 Å². The molecule has 0 bridgehead atoms. The fraction of sp³-hybridized carbons (Fsp3) is 0.577. The van der Waals surface area contributed by atoms with Gasteiger partial charge in [-0.3, -0.25) is 4.98 Å². The molecule has 0 amide bonds. The predicted molar refractivity (Wildman–Crippen MR) is 119 cm³/mol. The van der Waals surface area contributed by atoms with Gasteiger partial charge in [0.05, 0.1) is 13.2 Å². The van der Waals surface area contributed by atoms with Crippen LogP contribution >= 0.6 is 0 Å². The van der Waals surface area contributed by atoms with Crippen LogP contribution in [0.4, 0.5) is 0 Å². The summed E-state index contributed by atoms with van der Waals surface area (Å²) in [6.07, 6.45) is 8.26. The van der Waals surface area contributed by atoms with Gasteiger partial charge in [0, 0.05) is 30.9 Å². The third-order valence-electron chi connectivity index (χ3n) is 8.45. The fourth-order valence-corrected chi connectivity index (χ4v) is 6.83. The van der Waals surface area contributed by atoms with Crippen LogP contribution in [0.2, 0.25) is 0 Å². The van der Waals surface area contributed by atoms with Crippen molar-refractivity contribution in [1.82, 2.24) is 10.3 Å². The van der Waals surface area contributed by atoms with Crippen molar-refractivity contribution in [2.75, 3.05) is 13.7 Å². The molecule has 2 N–H and O–H groups in total. The SMILES string of the molecule is COc1ccc2c(c1)CC[C@@H]1[C@@H]2CC[C@]2(C)[C@H](O)[C@H](NCCc3ccccn3)C[C@@H]12. The molecule has 30 heavy (non-hydrogen) atoms. The first kappa shape index (κ1) is 20.0. The van der Waals surface area contributed by atoms with Gasteiger partial charge in [0.1, 0.15) is 5.75 Å². The maximum absolute atomic E-state index is 11.3. The molecule has 2 fully saturated rings. The summed E-state index contributed by atoms with van der Waals surface area (Å²) in [5, 5.41) is 15.0. The summed E-state index contributed by atoms with van der Waals surface area (Å²) in [7, 11) is 1.75. The third-order valence-corrected chi connectivity index (χ3v) is 8.45. The number of pyridine rings is 1. The first-order valence-electron chi connectivity index (χ1n) is 11.6. The Hall–Kier alpha value is -1.91. The minimum absolute atomic E-state index is 0.0355. The first-order valence-corrected chi connectivity index (χ1v) is 11.6. The molecule has 6 atom stereocenters. The maximum atomic E-state index is 11.3. The van der Waals surface area contributed by atoms with Crippen molar-refractivity contribution in [2.24, 2.45) is 17.3 Å². The lowest BCUT2D eigenvalue weighted by Crippen LogP contribution is -2.46. The number of hydrogen-bond acceptors (Lipinski definition) is 4. The van der Waals surface area contributed by atoms with Crippen molar-refractivity contribution >= 4 is 0 Å². The lowest BCUT2D eigenvalue weighted by atomic mass is 9.55. The Balaban J connectivity index is 1.30. The Labute approximate surface area is 180 Å². The topological polar surface area (TPSA) is 54.4 Å². The number of hydrogen-bond donors (Lipinski definition) is 2. The van der Waals surface area contributed by atoms with E-state index in [0.717, 1.165) is 43.7 Å². The molecule has 0 saturated heterocycles. The van der Waals surface area contributed by atoms with Crippen LogP contribution in [0.15, 0.2) is 42.6 Å². The highest BCUT2D eigenvalue weighted by Gasteiger charge is 2.57. The molecule has 3 aliphatic carbocycles. The summed E-state index contributed by atoms with van der Waals surface area (Å²) < 4.78 is 5.45. The summed E-state index contributed by atoms with van der Waals surface area (Å²) in [5.41, 5.74) is 4.16. The molecular weight excluding hydrogens is 372 g/mol. The Morgan fingerprint density at radius 3 is 2.93 bits per heavy atom. The number of methoxy groups -OCH3 is 1. The van der Waals surface area contributed by atoms with Crippen molar-refractivity contribution in [3.63, 3.8) is 0 Å². The van der Waals surface area contributed by atoms with E-state index >= 15 is 0 Å². The Kier molecular flexibility index (Phi) is 5.32. The van der Waals surface area contributed by atoms with Gasteiger partial charge in [-0.2, -0.15) is 0 Å². The van der Waals surface area contributed by atoms with Gasteiger partial charge in [0.25, 0.3) is 0 Å². The third kappa shape index (κ3) is 3.34. The van der Waals surface area contributed by atoms with Gasteiger partial charge < -0.3 is 15.2 Å². The normalized spacial score (nSPS) is 34.7. The monoisotopic (exact) mass is 406 g/mol. The second-order valence-corrected chi connectivity index (χ2v) is 9.84. The van der Waals surface area contributed by atoms with Gasteiger partial charge in [0.2, 0.25) is 0 Å². The molecule has 4 nitrogen and oxygen atoms in total. The van der Waals surface area contributed by atoms with Gasteiger partial charge in [0.15, 0.2) is 0 Å². The second-order valence-electron chi connectivity index (χ2n) is 9.84. The van der Waals surface area contributed by atoms with Crippen LogP contribution in [0.1, 0.15) is 55.3 Å². The summed E-state index contributed by atoms with van der Waals surface area (Å²) in [5.74, 6) is 2.88. The van der Waals surface area contributed by atoms with E-state index in [9.17, 15) is 5.11 Å². The highest BCUT2D eigenvalue weighted by Crippen LogP contribution is 2.60. The molecule has 2 aromatic rings. The molecule has 3 aliphatic rings. The van der Waals surface area contributed by atoms with Crippen molar-refractivity contribution in [2.45, 2.75) is 63.5 Å². The molecule has 5 rings (SSSR count). The number of benzene rings is 1. The highest BCUT2D eigenvalue weighted by atomic mass is 16.5. The Bertz CT molecular complexity index is 886. The van der Waals surface area contributed by atoms with E-state index in [1.165, 1.54) is 24.0 Å². The lowest BCUT2D eigenvalue weighted by molar-refractivity contribution is -0.0279. The lowest BCUT2D eigenvalue weighted by Gasteiger charge is -2.50. The molecule has 1 aromatic carbocycles. The number of rotatable bonds is 5. The zero-order valence-corrected chi connectivity index (χ0v) is 18.2. The minimum atomic E-state index is -0.260. The predicted octanol–water partition coefficient (Wildman–Crippen LogP) is 4.12. The highest BCUT2D eigenvalue weighted by molar-refractivity contribution is 5.40. The van der Waals surface area contributed by atoms with Crippen LogP contribution in [-0.4, -0.2) is 35.9 Å². The molecule has 4 heteroatoms. The molecule has 1 aromatic heterocycles. The molecule has 160 valence electrons. The summed E-state index contributed by atoms with van der Waals surface area (Å²) >= 11 is 0. The van der Waals surface area contributed by atoms with Crippen LogP contribution < -0.4 is 10.1 Å². The van der Waals surface area contributed by atoms with Crippen molar-refractivity contribution in [3.05, 3.63) is 59.4 Å². The zero-order chi connectivity index (χ0) is 20.7. The van der Waals surface area contributed by atoms with Crippen molar-refractivity contribution < 1.29 is 9.84 Å². The van der Waals surface area contributed by atoms with Crippen LogP contribution in [0.3, 0.4) is 0 Å². The molecular formula is C26H34N2O2. The molecule has 0 radical (unpaired) electrons. The van der Waals surface area contributed by atoms with Gasteiger partial charge in [-0.05, 0) is 90.7 Å². The smallest absolute Gasteiger partial charge is 0.119 e. The summed E-state index contributed by atoms with van der Waals surface area (Å²) in [4.78, 5) is 4.42. The number of nitrogens with zero attached hydrogens (tertiary/aromatic N) is 1. The van der Waals surface area contributed by atoms with E-state index in [2.05, 4.69) is 41.5 Å². The number of aromatic nitrogens is 1. The van der Waals surface area contributed by atoms with Gasteiger partial charge in [-0.15, -0.1) is 0 Å². The van der Waals surface area contributed by atoms with E-state index in [-0.39, 0.29) is 17.6 Å². The van der Waals surface area contributed by atoms with E-state index < -0.39 is 0 Å². The summed E-state index contributed by atoms with van der Waals surface area (Å²) in [6.45, 7) is 3.22. The van der Waals surface area contributed by atoms with E-state index in [4.69, 9.17) is 4.74 Å². The van der Waals surface area contributed by atoms with E-state index in [1.54, 1.807) is 7.11 Å². The van der Waals surface area contributed by atoms with Crippen LogP contribution in [-0.2, 0) is 12.8 Å². The van der Waals surface area contributed by atoms with Crippen molar-refractivity contribution in [1.29, 1.82) is 0 Å². The van der Waals surface area contributed by atoms with Crippen LogP contribution in [0.25, 0.3) is 0 Å². The molecule has 0 spiro atoms. The minimum Gasteiger partial charge on any atom is -0.497 e. The number of aliphatic hydroxyl groups excluding tert-OH is 1. The van der Waals surface area contributed by atoms with Crippen molar-refractivity contribution in [3.8, 4) is 5.75 Å². The number of aliphatic hydroxyl groups is 1. The van der Waals surface area contributed by atoms with Gasteiger partial charge >= 0.3 is 0 Å². The molecule has 0 unspecified atom stereocenters. The second kappa shape index (κ2) is 7.97. The number of fused-ring (bicyclic) bond motifs is 5. The quantitative estimate of drug-likeness (QED) is 0.784. The van der Waals surface area contributed by atoms with E-state index in [1.807, 2.05) is 18.3 Å². The van der Waals surface area contributed by atoms with Crippen LogP contribution in [0, 0.1) is 17.3 Å². The first-order chi connectivity index (χ1) is 14.6. The largest absolute Gasteiger partial charge is 0.497 e. The zero-order valence-electron chi connectivity index (χ0n) is 18.2. The Morgan fingerprint density at radius 2 is 2.13 bits per heavy atom. The Morgan fingerprint density at radius 1 is 1.23 bits per heavy atom. The fourth-order valence-electron chi connectivity index (χ4n) is 6.83. The number of ether oxygens (including phenoxy) is 1. The average molecular weight is 407 g/mol. The maximum Gasteiger partial charge on any atom is 0.119 e. The van der Waals surface area contributed by atoms with E-state index in [0.29, 0.717) is 17.8 Å². The molecule has 0 aliphatic heterocycles. The summed E-state index contributed by atoms with van der Waals surface area (Å²) in [6, 6.07) is 12.9. The number of aryl methyl sites for hydroxylation is 1. The standard InChI is InChI=1S/C26H34N2O2/c1-26-12-10-21-20-9-7-19(30-2)15-17(20)6-8-22(21)23(26)16-24(25(26)29)28-14-11-18-5-3-4-13-27-18/h3-5,7,9,13,15,21-25,28-29H,6,8,10-12,14,16H2,1-2H3/t21-,22-,23+,24-,25-,26+/m1/s1. The molecule has 1 heterocycles. The average Bonchev–Trinajstić information content (AvgIpc) is 3.04. The van der Waals surface area contributed by atoms with Gasteiger partial charge in [-0.1, -0.05) is 19.1 Å². The number of nitrogens with one attached hydrogen (secondary N) is 1. The molecule has 2 saturated carbocycles.